The maximum Gasteiger partial charge on any atom is 0.408 e. The topological polar surface area (TPSA) is 64.6 Å². The lowest BCUT2D eigenvalue weighted by Crippen LogP contribution is -2.53. The fourth-order valence-electron chi connectivity index (χ4n) is 0.785. The standard InChI is InChI=1S/C8H13NO4/c1-8(2,3)13-7(11)9-5-4-12-6(5)10/h5H,4H2,1-3H3,(H,9,11). The number of carbonyl (C=O) groups is 2. The van der Waals surface area contributed by atoms with Crippen LogP contribution in [-0.2, 0) is 14.3 Å². The average Bonchev–Trinajstić information content (AvgIpc) is 1.94. The number of carbonyl (C=O) groups excluding carboxylic acids is 2. The van der Waals surface area contributed by atoms with E-state index in [4.69, 9.17) is 4.74 Å². The van der Waals surface area contributed by atoms with Gasteiger partial charge in [0.15, 0.2) is 6.04 Å². The van der Waals surface area contributed by atoms with Crippen LogP contribution in [0.2, 0.25) is 0 Å². The van der Waals surface area contributed by atoms with Gasteiger partial charge >= 0.3 is 12.1 Å². The second kappa shape index (κ2) is 3.24. The van der Waals surface area contributed by atoms with Gasteiger partial charge in [0.05, 0.1) is 0 Å². The maximum atomic E-state index is 11.1. The van der Waals surface area contributed by atoms with Crippen LogP contribution in [-0.4, -0.2) is 30.3 Å². The van der Waals surface area contributed by atoms with E-state index in [1.54, 1.807) is 20.8 Å². The molecule has 0 aromatic heterocycles. The van der Waals surface area contributed by atoms with E-state index in [0.717, 1.165) is 0 Å². The van der Waals surface area contributed by atoms with Crippen LogP contribution < -0.4 is 5.32 Å². The third-order valence-electron chi connectivity index (χ3n) is 1.37. The van der Waals surface area contributed by atoms with Crippen molar-refractivity contribution in [3.05, 3.63) is 0 Å². The largest absolute Gasteiger partial charge is 0.461 e. The van der Waals surface area contributed by atoms with Gasteiger partial charge in [-0.3, -0.25) is 0 Å². The Hall–Kier alpha value is -1.26. The molecule has 74 valence electrons. The van der Waals surface area contributed by atoms with Gasteiger partial charge < -0.3 is 14.8 Å². The molecule has 1 fully saturated rings. The third kappa shape index (κ3) is 2.93. The van der Waals surface area contributed by atoms with Gasteiger partial charge in [0, 0.05) is 0 Å². The number of hydrogen-bond donors (Lipinski definition) is 1. The predicted molar refractivity (Wildman–Crippen MR) is 44.1 cm³/mol. The van der Waals surface area contributed by atoms with Gasteiger partial charge in [0.1, 0.15) is 12.2 Å². The molecule has 13 heavy (non-hydrogen) atoms. The van der Waals surface area contributed by atoms with Crippen LogP contribution in [0.25, 0.3) is 0 Å². The number of hydrogen-bond acceptors (Lipinski definition) is 4. The molecule has 0 saturated carbocycles. The lowest BCUT2D eigenvalue weighted by molar-refractivity contribution is -0.162. The maximum absolute atomic E-state index is 11.1. The van der Waals surface area contributed by atoms with Crippen molar-refractivity contribution < 1.29 is 19.1 Å². The third-order valence-corrected chi connectivity index (χ3v) is 1.37. The highest BCUT2D eigenvalue weighted by Crippen LogP contribution is 2.08. The number of esters is 1. The fraction of sp³-hybridized carbons (Fsp3) is 0.750. The number of ether oxygens (including phenoxy) is 2. The monoisotopic (exact) mass is 187 g/mol. The molecule has 5 heteroatoms. The van der Waals surface area contributed by atoms with Crippen LogP contribution in [0, 0.1) is 0 Å². The van der Waals surface area contributed by atoms with Gasteiger partial charge in [-0.15, -0.1) is 0 Å². The van der Waals surface area contributed by atoms with Crippen molar-refractivity contribution in [1.29, 1.82) is 0 Å². The molecule has 1 saturated heterocycles. The van der Waals surface area contributed by atoms with Crippen molar-refractivity contribution in [2.24, 2.45) is 0 Å². The zero-order chi connectivity index (χ0) is 10.1. The molecule has 0 radical (unpaired) electrons. The smallest absolute Gasteiger partial charge is 0.408 e. The van der Waals surface area contributed by atoms with E-state index >= 15 is 0 Å². The van der Waals surface area contributed by atoms with Crippen molar-refractivity contribution in [2.75, 3.05) is 6.61 Å². The molecule has 0 spiro atoms. The van der Waals surface area contributed by atoms with E-state index < -0.39 is 23.7 Å². The minimum absolute atomic E-state index is 0.234. The lowest BCUT2D eigenvalue weighted by Gasteiger charge is -2.27. The number of nitrogens with one attached hydrogen (secondary N) is 1. The molecule has 5 nitrogen and oxygen atoms in total. The molecule has 1 aliphatic rings. The van der Waals surface area contributed by atoms with Crippen LogP contribution in [0.1, 0.15) is 20.8 Å². The summed E-state index contributed by atoms with van der Waals surface area (Å²) in [5, 5.41) is 2.39. The highest BCUT2D eigenvalue weighted by atomic mass is 16.6. The predicted octanol–water partition coefficient (Wildman–Crippen LogP) is 0.436. The Balaban J connectivity index is 2.29. The second-order valence-electron chi connectivity index (χ2n) is 3.83. The highest BCUT2D eigenvalue weighted by Gasteiger charge is 2.33. The second-order valence-corrected chi connectivity index (χ2v) is 3.83. The van der Waals surface area contributed by atoms with Crippen LogP contribution >= 0.6 is 0 Å². The lowest BCUT2D eigenvalue weighted by atomic mass is 10.2. The summed E-state index contributed by atoms with van der Waals surface area (Å²) in [6, 6.07) is -0.533. The Morgan fingerprint density at radius 1 is 1.62 bits per heavy atom. The van der Waals surface area contributed by atoms with E-state index in [1.807, 2.05) is 0 Å². The van der Waals surface area contributed by atoms with Crippen LogP contribution in [0.15, 0.2) is 0 Å². The first kappa shape index (κ1) is 9.83. The van der Waals surface area contributed by atoms with Crippen molar-refractivity contribution in [3.8, 4) is 0 Å². The summed E-state index contributed by atoms with van der Waals surface area (Å²) in [6.07, 6.45) is -0.589. The normalized spacial score (nSPS) is 21.5. The van der Waals surface area contributed by atoms with Gasteiger partial charge in [-0.1, -0.05) is 0 Å². The van der Waals surface area contributed by atoms with E-state index in [1.165, 1.54) is 0 Å². The SMILES string of the molecule is CC(C)(C)OC(=O)NC1COC1=O. The Kier molecular flexibility index (Phi) is 2.45. The Morgan fingerprint density at radius 2 is 2.23 bits per heavy atom. The summed E-state index contributed by atoms with van der Waals surface area (Å²) in [5.41, 5.74) is -0.544. The van der Waals surface area contributed by atoms with Gasteiger partial charge in [-0.2, -0.15) is 0 Å². The van der Waals surface area contributed by atoms with Crippen LogP contribution in [0.5, 0.6) is 0 Å². The Bertz CT molecular complexity index is 231. The molecule has 1 N–H and O–H groups in total. The van der Waals surface area contributed by atoms with Crippen LogP contribution in [0.3, 0.4) is 0 Å². The molecule has 1 heterocycles. The quantitative estimate of drug-likeness (QED) is 0.605. The highest BCUT2D eigenvalue weighted by molar-refractivity contribution is 5.85. The zero-order valence-electron chi connectivity index (χ0n) is 7.92. The molecule has 1 atom stereocenters. The van der Waals surface area contributed by atoms with Crippen molar-refractivity contribution in [3.63, 3.8) is 0 Å². The minimum Gasteiger partial charge on any atom is -0.461 e. The average molecular weight is 187 g/mol. The first-order valence-corrected chi connectivity index (χ1v) is 4.04. The Morgan fingerprint density at radius 3 is 2.54 bits per heavy atom. The molecule has 1 amide bonds. The zero-order valence-corrected chi connectivity index (χ0v) is 7.92. The molecule has 0 aromatic carbocycles. The van der Waals surface area contributed by atoms with Gasteiger partial charge in [-0.05, 0) is 20.8 Å². The summed E-state index contributed by atoms with van der Waals surface area (Å²) in [6.45, 7) is 5.50. The summed E-state index contributed by atoms with van der Waals surface area (Å²) in [5.74, 6) is -0.411. The van der Waals surface area contributed by atoms with E-state index in [-0.39, 0.29) is 6.61 Å². The molecule has 0 aliphatic carbocycles. The first-order chi connectivity index (χ1) is 5.88. The van der Waals surface area contributed by atoms with Crippen molar-refractivity contribution >= 4 is 12.1 Å². The molecule has 1 unspecified atom stereocenters. The van der Waals surface area contributed by atoms with E-state index in [0.29, 0.717) is 0 Å². The van der Waals surface area contributed by atoms with E-state index in [2.05, 4.69) is 10.1 Å². The summed E-state index contributed by atoms with van der Waals surface area (Å²) in [4.78, 5) is 21.7. The summed E-state index contributed by atoms with van der Waals surface area (Å²) >= 11 is 0. The number of alkyl carbamates (subject to hydrolysis) is 1. The number of amides is 1. The fourth-order valence-corrected chi connectivity index (χ4v) is 0.785. The number of rotatable bonds is 1. The molecule has 1 aliphatic heterocycles. The molecular weight excluding hydrogens is 174 g/mol. The minimum atomic E-state index is -0.589. The molecule has 0 aromatic rings. The Labute approximate surface area is 76.4 Å². The van der Waals surface area contributed by atoms with Crippen LogP contribution in [0.4, 0.5) is 4.79 Å². The van der Waals surface area contributed by atoms with Gasteiger partial charge in [0.25, 0.3) is 0 Å². The first-order valence-electron chi connectivity index (χ1n) is 4.04. The van der Waals surface area contributed by atoms with E-state index in [9.17, 15) is 9.59 Å². The summed E-state index contributed by atoms with van der Waals surface area (Å²) in [7, 11) is 0. The number of cyclic esters (lactones) is 1. The molecule has 0 bridgehead atoms. The summed E-state index contributed by atoms with van der Waals surface area (Å²) < 4.78 is 9.40. The molecular formula is C8H13NO4. The van der Waals surface area contributed by atoms with Crippen molar-refractivity contribution in [1.82, 2.24) is 5.32 Å². The van der Waals surface area contributed by atoms with Crippen molar-refractivity contribution in [2.45, 2.75) is 32.4 Å². The van der Waals surface area contributed by atoms with Gasteiger partial charge in [0.2, 0.25) is 0 Å². The molecule has 1 rings (SSSR count). The van der Waals surface area contributed by atoms with Gasteiger partial charge in [-0.25, -0.2) is 9.59 Å².